The van der Waals surface area contributed by atoms with E-state index in [-0.39, 0.29) is 0 Å². The van der Waals surface area contributed by atoms with Gasteiger partial charge in [-0.15, -0.1) is 0 Å². The highest BCUT2D eigenvalue weighted by molar-refractivity contribution is 5.36. The first kappa shape index (κ1) is 20.6. The summed E-state index contributed by atoms with van der Waals surface area (Å²) in [5.74, 6) is 1.64. The number of methoxy groups -OCH3 is 1. The van der Waals surface area contributed by atoms with E-state index in [1.165, 1.54) is 19.3 Å². The fraction of sp³-hybridized carbons (Fsp3) is 0.824. The molecule has 1 aromatic rings. The minimum atomic E-state index is 0.296. The Morgan fingerprint density at radius 3 is 2.46 bits per heavy atom. The van der Waals surface area contributed by atoms with Crippen LogP contribution in [0, 0.1) is 5.92 Å². The summed E-state index contributed by atoms with van der Waals surface area (Å²) in [6, 6.07) is 0.685. The molecule has 0 aromatic carbocycles. The minimum Gasteiger partial charge on any atom is -0.467 e. The summed E-state index contributed by atoms with van der Waals surface area (Å²) < 4.78 is 15.9. The summed E-state index contributed by atoms with van der Waals surface area (Å²) >= 11 is 0. The maximum atomic E-state index is 5.48. The second-order valence-corrected chi connectivity index (χ2v) is 6.42. The summed E-state index contributed by atoms with van der Waals surface area (Å²) in [5.41, 5.74) is 5.35. The van der Waals surface area contributed by atoms with E-state index >= 15 is 0 Å². The van der Waals surface area contributed by atoms with E-state index in [0.29, 0.717) is 69.4 Å². The number of anilines is 2. The molecule has 0 bridgehead atoms. The molecule has 2 rings (SSSR count). The topological polar surface area (TPSA) is 116 Å². The number of aromatic nitrogens is 3. The fourth-order valence-electron chi connectivity index (χ4n) is 2.93. The molecule has 2 atom stereocenters. The summed E-state index contributed by atoms with van der Waals surface area (Å²) in [6.45, 7) is 5.55. The van der Waals surface area contributed by atoms with Crippen LogP contribution in [-0.2, 0) is 9.47 Å². The van der Waals surface area contributed by atoms with Crippen LogP contribution in [0.1, 0.15) is 32.6 Å². The van der Waals surface area contributed by atoms with Crippen LogP contribution in [-0.4, -0.2) is 67.6 Å². The maximum Gasteiger partial charge on any atom is 0.322 e. The van der Waals surface area contributed by atoms with Crippen molar-refractivity contribution in [2.24, 2.45) is 11.7 Å². The molecule has 1 aliphatic carbocycles. The Morgan fingerprint density at radius 2 is 1.73 bits per heavy atom. The van der Waals surface area contributed by atoms with Crippen LogP contribution in [0.3, 0.4) is 0 Å². The van der Waals surface area contributed by atoms with Gasteiger partial charge in [0.05, 0.1) is 33.5 Å². The number of nitrogens with two attached hydrogens (primary N) is 1. The lowest BCUT2D eigenvalue weighted by Gasteiger charge is -2.29. The molecule has 1 saturated carbocycles. The van der Waals surface area contributed by atoms with E-state index in [1.807, 2.05) is 0 Å². The van der Waals surface area contributed by atoms with E-state index in [2.05, 4.69) is 32.5 Å². The van der Waals surface area contributed by atoms with Gasteiger partial charge in [-0.2, -0.15) is 15.0 Å². The van der Waals surface area contributed by atoms with Crippen LogP contribution in [0.15, 0.2) is 0 Å². The third-order valence-electron chi connectivity index (χ3n) is 4.39. The van der Waals surface area contributed by atoms with E-state index in [4.69, 9.17) is 19.9 Å². The van der Waals surface area contributed by atoms with Crippen molar-refractivity contribution in [2.45, 2.75) is 38.6 Å². The molecule has 9 heteroatoms. The van der Waals surface area contributed by atoms with Crippen molar-refractivity contribution < 1.29 is 14.2 Å². The van der Waals surface area contributed by atoms with E-state index in [0.717, 1.165) is 6.42 Å². The van der Waals surface area contributed by atoms with Gasteiger partial charge >= 0.3 is 6.01 Å². The van der Waals surface area contributed by atoms with Crippen LogP contribution >= 0.6 is 0 Å². The Hall–Kier alpha value is -1.71. The van der Waals surface area contributed by atoms with Gasteiger partial charge in [-0.1, -0.05) is 19.8 Å². The summed E-state index contributed by atoms with van der Waals surface area (Å²) in [4.78, 5) is 13.0. The molecule has 1 aromatic heterocycles. The molecule has 26 heavy (non-hydrogen) atoms. The average molecular weight is 368 g/mol. The molecule has 1 aliphatic rings. The van der Waals surface area contributed by atoms with Crippen LogP contribution in [0.25, 0.3) is 0 Å². The number of nitrogens with zero attached hydrogens (tertiary/aromatic N) is 3. The predicted octanol–water partition coefficient (Wildman–Crippen LogP) is 1.27. The Morgan fingerprint density at radius 1 is 1.00 bits per heavy atom. The van der Waals surface area contributed by atoms with Gasteiger partial charge in [0.2, 0.25) is 11.9 Å². The highest BCUT2D eigenvalue weighted by atomic mass is 16.5. The second-order valence-electron chi connectivity index (χ2n) is 6.42. The number of hydrogen-bond donors (Lipinski definition) is 3. The first-order chi connectivity index (χ1) is 12.7. The highest BCUT2D eigenvalue weighted by Crippen LogP contribution is 2.26. The Kier molecular flexibility index (Phi) is 9.36. The molecule has 0 amide bonds. The van der Waals surface area contributed by atoms with Crippen LogP contribution in [0.5, 0.6) is 6.01 Å². The Labute approximate surface area is 155 Å². The van der Waals surface area contributed by atoms with Crippen LogP contribution in [0.2, 0.25) is 0 Å². The SMILES string of the molecule is COc1nc(NCCOCCOCCN)nc(NC2CCCCC2C)n1. The van der Waals surface area contributed by atoms with Crippen LogP contribution in [0.4, 0.5) is 11.9 Å². The van der Waals surface area contributed by atoms with E-state index in [1.54, 1.807) is 7.11 Å². The van der Waals surface area contributed by atoms with E-state index in [9.17, 15) is 0 Å². The van der Waals surface area contributed by atoms with Crippen molar-refractivity contribution in [1.29, 1.82) is 0 Å². The van der Waals surface area contributed by atoms with Crippen molar-refractivity contribution in [3.63, 3.8) is 0 Å². The smallest absolute Gasteiger partial charge is 0.322 e. The number of ether oxygens (including phenoxy) is 3. The Balaban J connectivity index is 1.78. The zero-order valence-corrected chi connectivity index (χ0v) is 15.9. The predicted molar refractivity (Wildman–Crippen MR) is 101 cm³/mol. The highest BCUT2D eigenvalue weighted by Gasteiger charge is 2.22. The zero-order valence-electron chi connectivity index (χ0n) is 15.9. The summed E-state index contributed by atoms with van der Waals surface area (Å²) in [5, 5.41) is 6.58. The van der Waals surface area contributed by atoms with Gasteiger partial charge in [-0.3, -0.25) is 0 Å². The Bertz CT molecular complexity index is 519. The summed E-state index contributed by atoms with van der Waals surface area (Å²) in [7, 11) is 1.55. The normalized spacial score (nSPS) is 20.0. The lowest BCUT2D eigenvalue weighted by Crippen LogP contribution is -2.31. The number of rotatable bonds is 12. The molecule has 0 spiro atoms. The van der Waals surface area contributed by atoms with Gasteiger partial charge in [-0.05, 0) is 18.8 Å². The van der Waals surface area contributed by atoms with Crippen molar-refractivity contribution in [3.8, 4) is 6.01 Å². The zero-order chi connectivity index (χ0) is 18.6. The molecular formula is C17H32N6O3. The quantitative estimate of drug-likeness (QED) is 0.469. The van der Waals surface area contributed by atoms with Gasteiger partial charge in [0.25, 0.3) is 0 Å². The third kappa shape index (κ3) is 7.27. The molecule has 148 valence electrons. The van der Waals surface area contributed by atoms with Gasteiger partial charge in [0.15, 0.2) is 0 Å². The van der Waals surface area contributed by atoms with Crippen LogP contribution < -0.4 is 21.1 Å². The first-order valence-corrected chi connectivity index (χ1v) is 9.39. The third-order valence-corrected chi connectivity index (χ3v) is 4.39. The standard InChI is InChI=1S/C17H32N6O3/c1-13-5-3-4-6-14(13)20-16-21-15(22-17(23-16)24-2)19-8-10-26-12-11-25-9-7-18/h13-14H,3-12,18H2,1-2H3,(H2,19,20,21,22,23). The molecule has 0 radical (unpaired) electrons. The largest absolute Gasteiger partial charge is 0.467 e. The lowest BCUT2D eigenvalue weighted by molar-refractivity contribution is 0.0547. The molecule has 1 fully saturated rings. The van der Waals surface area contributed by atoms with Gasteiger partial charge in [-0.25, -0.2) is 0 Å². The molecule has 9 nitrogen and oxygen atoms in total. The molecular weight excluding hydrogens is 336 g/mol. The molecule has 0 aliphatic heterocycles. The molecule has 2 unspecified atom stereocenters. The fourth-order valence-corrected chi connectivity index (χ4v) is 2.93. The van der Waals surface area contributed by atoms with E-state index < -0.39 is 0 Å². The number of hydrogen-bond acceptors (Lipinski definition) is 9. The van der Waals surface area contributed by atoms with Crippen molar-refractivity contribution >= 4 is 11.9 Å². The number of nitrogens with one attached hydrogen (secondary N) is 2. The summed E-state index contributed by atoms with van der Waals surface area (Å²) in [6.07, 6.45) is 4.90. The monoisotopic (exact) mass is 368 g/mol. The van der Waals surface area contributed by atoms with Crippen molar-refractivity contribution in [3.05, 3.63) is 0 Å². The average Bonchev–Trinajstić information content (AvgIpc) is 2.65. The van der Waals surface area contributed by atoms with Gasteiger partial charge in [0.1, 0.15) is 0 Å². The molecule has 0 saturated heterocycles. The molecule has 1 heterocycles. The van der Waals surface area contributed by atoms with Crippen molar-refractivity contribution in [1.82, 2.24) is 15.0 Å². The maximum absolute atomic E-state index is 5.48. The first-order valence-electron chi connectivity index (χ1n) is 9.39. The minimum absolute atomic E-state index is 0.296. The molecule has 4 N–H and O–H groups in total. The lowest BCUT2D eigenvalue weighted by atomic mass is 9.86. The van der Waals surface area contributed by atoms with Crippen molar-refractivity contribution in [2.75, 3.05) is 57.3 Å². The second kappa shape index (κ2) is 11.8. The van der Waals surface area contributed by atoms with Gasteiger partial charge in [0, 0.05) is 19.1 Å². The van der Waals surface area contributed by atoms with Gasteiger partial charge < -0.3 is 30.6 Å².